The third-order valence-electron chi connectivity index (χ3n) is 6.17. The highest BCUT2D eigenvalue weighted by Crippen LogP contribution is 2.29. The first-order valence-electron chi connectivity index (χ1n) is 10.7. The summed E-state index contributed by atoms with van der Waals surface area (Å²) >= 11 is 0. The van der Waals surface area contributed by atoms with Crippen LogP contribution in [0.1, 0.15) is 24.1 Å². The molecule has 2 aliphatic heterocycles. The average Bonchev–Trinajstić information content (AvgIpc) is 2.81. The summed E-state index contributed by atoms with van der Waals surface area (Å²) < 4.78 is 5.39. The van der Waals surface area contributed by atoms with Crippen LogP contribution in [-0.4, -0.2) is 79.1 Å². The van der Waals surface area contributed by atoms with Crippen LogP contribution >= 0.6 is 0 Å². The molecular formula is C24H31N3O2. The van der Waals surface area contributed by atoms with Gasteiger partial charge in [0.05, 0.1) is 25.3 Å². The molecule has 1 amide bonds. The van der Waals surface area contributed by atoms with Gasteiger partial charge in [0.25, 0.3) is 0 Å². The van der Waals surface area contributed by atoms with Gasteiger partial charge in [-0.3, -0.25) is 14.6 Å². The molecule has 0 radical (unpaired) electrons. The van der Waals surface area contributed by atoms with E-state index in [9.17, 15) is 4.79 Å². The molecule has 1 atom stereocenters. The Morgan fingerprint density at radius 2 is 1.24 bits per heavy atom. The molecular weight excluding hydrogens is 362 g/mol. The van der Waals surface area contributed by atoms with Crippen LogP contribution in [0.2, 0.25) is 0 Å². The number of carbonyl (C=O) groups is 1. The molecule has 0 bridgehead atoms. The van der Waals surface area contributed by atoms with Crippen molar-refractivity contribution in [3.63, 3.8) is 0 Å². The molecule has 2 saturated heterocycles. The molecule has 2 aromatic carbocycles. The fourth-order valence-electron chi connectivity index (χ4n) is 4.47. The number of amides is 1. The molecule has 29 heavy (non-hydrogen) atoms. The topological polar surface area (TPSA) is 36.0 Å². The predicted molar refractivity (Wildman–Crippen MR) is 115 cm³/mol. The molecule has 5 nitrogen and oxygen atoms in total. The van der Waals surface area contributed by atoms with Crippen LogP contribution in [0.15, 0.2) is 60.7 Å². The van der Waals surface area contributed by atoms with Crippen LogP contribution < -0.4 is 0 Å². The third kappa shape index (κ3) is 4.69. The molecule has 4 rings (SSSR count). The van der Waals surface area contributed by atoms with E-state index < -0.39 is 0 Å². The van der Waals surface area contributed by atoms with Crippen LogP contribution in [0.25, 0.3) is 0 Å². The maximum absolute atomic E-state index is 12.9. The normalized spacial score (nSPS) is 20.0. The lowest BCUT2D eigenvalue weighted by Gasteiger charge is -2.42. The second kappa shape index (κ2) is 9.53. The Kier molecular flexibility index (Phi) is 6.60. The van der Waals surface area contributed by atoms with Crippen LogP contribution in [0.3, 0.4) is 0 Å². The molecule has 154 valence electrons. The maximum atomic E-state index is 12.9. The smallest absolute Gasteiger partial charge is 0.239 e. The van der Waals surface area contributed by atoms with Gasteiger partial charge in [-0.05, 0) is 18.1 Å². The van der Waals surface area contributed by atoms with Gasteiger partial charge < -0.3 is 9.64 Å². The first kappa shape index (κ1) is 20.1. The Hall–Kier alpha value is -2.21. The van der Waals surface area contributed by atoms with Crippen molar-refractivity contribution >= 4 is 5.91 Å². The maximum Gasteiger partial charge on any atom is 0.239 e. The van der Waals surface area contributed by atoms with Gasteiger partial charge in [-0.1, -0.05) is 60.7 Å². The van der Waals surface area contributed by atoms with E-state index in [0.29, 0.717) is 26.3 Å². The summed E-state index contributed by atoms with van der Waals surface area (Å²) in [5, 5.41) is 0. The Morgan fingerprint density at radius 3 is 1.76 bits per heavy atom. The van der Waals surface area contributed by atoms with Crippen LogP contribution in [-0.2, 0) is 9.53 Å². The minimum absolute atomic E-state index is 0.0675. The lowest BCUT2D eigenvalue weighted by Crippen LogP contribution is -2.56. The number of piperazine rings is 1. The molecule has 0 aromatic heterocycles. The van der Waals surface area contributed by atoms with Crippen molar-refractivity contribution in [2.24, 2.45) is 0 Å². The number of morpholine rings is 1. The van der Waals surface area contributed by atoms with E-state index in [4.69, 9.17) is 4.74 Å². The number of carbonyl (C=O) groups excluding carboxylic acids is 1. The highest BCUT2D eigenvalue weighted by molar-refractivity contribution is 5.81. The Balaban J connectivity index is 1.43. The number of rotatable bonds is 5. The molecule has 0 N–H and O–H groups in total. The highest BCUT2D eigenvalue weighted by Gasteiger charge is 2.32. The molecule has 0 saturated carbocycles. The molecule has 0 aliphatic carbocycles. The molecule has 0 spiro atoms. The van der Waals surface area contributed by atoms with Crippen molar-refractivity contribution in [2.45, 2.75) is 19.0 Å². The Labute approximate surface area is 173 Å². The third-order valence-corrected chi connectivity index (χ3v) is 6.17. The van der Waals surface area contributed by atoms with E-state index in [1.807, 2.05) is 4.90 Å². The SMILES string of the molecule is CC(C(=O)N1CCOCC1)N1CCN(C(c2ccccc2)c2ccccc2)CC1. The summed E-state index contributed by atoms with van der Waals surface area (Å²) in [6, 6.07) is 21.7. The zero-order valence-electron chi connectivity index (χ0n) is 17.2. The van der Waals surface area contributed by atoms with E-state index in [1.165, 1.54) is 11.1 Å². The summed E-state index contributed by atoms with van der Waals surface area (Å²) in [4.78, 5) is 19.7. The summed E-state index contributed by atoms with van der Waals surface area (Å²) in [5.74, 6) is 0.240. The number of ether oxygens (including phenoxy) is 1. The lowest BCUT2D eigenvalue weighted by atomic mass is 9.96. The van der Waals surface area contributed by atoms with Gasteiger partial charge in [0, 0.05) is 39.3 Å². The summed E-state index contributed by atoms with van der Waals surface area (Å²) in [6.45, 7) is 8.52. The fourth-order valence-corrected chi connectivity index (χ4v) is 4.47. The second-order valence-electron chi connectivity index (χ2n) is 7.91. The zero-order valence-corrected chi connectivity index (χ0v) is 17.2. The number of hydrogen-bond donors (Lipinski definition) is 0. The van der Waals surface area contributed by atoms with E-state index in [-0.39, 0.29) is 18.0 Å². The van der Waals surface area contributed by atoms with Gasteiger partial charge in [0.15, 0.2) is 0 Å². The molecule has 2 fully saturated rings. The van der Waals surface area contributed by atoms with Crippen molar-refractivity contribution in [1.29, 1.82) is 0 Å². The van der Waals surface area contributed by atoms with Crippen LogP contribution in [0.5, 0.6) is 0 Å². The van der Waals surface area contributed by atoms with E-state index >= 15 is 0 Å². The van der Waals surface area contributed by atoms with E-state index in [2.05, 4.69) is 77.4 Å². The number of benzene rings is 2. The molecule has 5 heteroatoms. The minimum Gasteiger partial charge on any atom is -0.378 e. The van der Waals surface area contributed by atoms with Crippen molar-refractivity contribution in [2.75, 3.05) is 52.5 Å². The lowest BCUT2D eigenvalue weighted by molar-refractivity contribution is -0.141. The molecule has 2 aromatic rings. The summed E-state index contributed by atoms with van der Waals surface area (Å²) in [6.07, 6.45) is 0. The van der Waals surface area contributed by atoms with Crippen LogP contribution in [0, 0.1) is 0 Å². The fraction of sp³-hybridized carbons (Fsp3) is 0.458. The Bertz CT molecular complexity index is 730. The predicted octanol–water partition coefficient (Wildman–Crippen LogP) is 2.64. The minimum atomic E-state index is -0.0675. The largest absolute Gasteiger partial charge is 0.378 e. The van der Waals surface area contributed by atoms with Gasteiger partial charge in [-0.2, -0.15) is 0 Å². The standard InChI is InChI=1S/C24H31N3O2/c1-20(24(28)27-16-18-29-19-17-27)25-12-14-26(15-13-25)23(21-8-4-2-5-9-21)22-10-6-3-7-11-22/h2-11,20,23H,12-19H2,1H3. The molecule has 2 aliphatic rings. The van der Waals surface area contributed by atoms with Crippen LogP contribution in [0.4, 0.5) is 0 Å². The Morgan fingerprint density at radius 1 is 0.759 bits per heavy atom. The summed E-state index contributed by atoms with van der Waals surface area (Å²) in [7, 11) is 0. The monoisotopic (exact) mass is 393 g/mol. The van der Waals surface area contributed by atoms with Crippen molar-refractivity contribution in [3.8, 4) is 0 Å². The van der Waals surface area contributed by atoms with Gasteiger partial charge in [0.1, 0.15) is 0 Å². The first-order chi connectivity index (χ1) is 14.2. The van der Waals surface area contributed by atoms with Crippen molar-refractivity contribution in [3.05, 3.63) is 71.8 Å². The van der Waals surface area contributed by atoms with E-state index in [0.717, 1.165) is 26.2 Å². The molecule has 1 unspecified atom stereocenters. The quantitative estimate of drug-likeness (QED) is 0.783. The number of nitrogens with zero attached hydrogens (tertiary/aromatic N) is 3. The van der Waals surface area contributed by atoms with E-state index in [1.54, 1.807) is 0 Å². The van der Waals surface area contributed by atoms with Gasteiger partial charge in [-0.15, -0.1) is 0 Å². The number of hydrogen-bond acceptors (Lipinski definition) is 4. The van der Waals surface area contributed by atoms with Gasteiger partial charge >= 0.3 is 0 Å². The van der Waals surface area contributed by atoms with Crippen molar-refractivity contribution < 1.29 is 9.53 Å². The van der Waals surface area contributed by atoms with Gasteiger partial charge in [0.2, 0.25) is 5.91 Å². The highest BCUT2D eigenvalue weighted by atomic mass is 16.5. The first-order valence-corrected chi connectivity index (χ1v) is 10.7. The van der Waals surface area contributed by atoms with Crippen molar-refractivity contribution in [1.82, 2.24) is 14.7 Å². The summed E-state index contributed by atoms with van der Waals surface area (Å²) in [5.41, 5.74) is 2.65. The van der Waals surface area contributed by atoms with Gasteiger partial charge in [-0.25, -0.2) is 0 Å². The molecule has 2 heterocycles. The second-order valence-corrected chi connectivity index (χ2v) is 7.91. The average molecular weight is 394 g/mol. The zero-order chi connectivity index (χ0) is 20.1.